The molecular formula is C24H22N4O2. The maximum Gasteiger partial charge on any atom is 0.254 e. The summed E-state index contributed by atoms with van der Waals surface area (Å²) in [4.78, 5) is 24.2. The Labute approximate surface area is 175 Å². The SMILES string of the molecule is C#Cc1ccc(CN(CC2CC2)C(=O)c2ccc3nc(N)c4c(c3c2)COC4)nc1. The number of carbonyl (C=O) groups excluding carboxylic acids is 1. The van der Waals surface area contributed by atoms with E-state index in [0.717, 1.165) is 39.8 Å². The lowest BCUT2D eigenvalue weighted by Gasteiger charge is -2.23. The molecule has 0 atom stereocenters. The number of rotatable bonds is 5. The molecule has 6 heteroatoms. The molecule has 0 saturated heterocycles. The number of terminal acetylenes is 1. The number of nitrogens with two attached hydrogens (primary N) is 1. The van der Waals surface area contributed by atoms with Crippen molar-refractivity contribution in [1.29, 1.82) is 0 Å². The minimum absolute atomic E-state index is 0.00360. The minimum Gasteiger partial charge on any atom is -0.383 e. The standard InChI is InChI=1S/C24H22N4O2/c1-2-15-5-7-18(26-10-15)12-28(11-16-3-4-16)24(29)17-6-8-22-19(9-17)20-13-30-14-21(20)23(25)27-22/h1,5-10,16H,3-4,11-14H2,(H2,25,27). The summed E-state index contributed by atoms with van der Waals surface area (Å²) in [5.74, 6) is 3.64. The number of aromatic nitrogens is 2. The summed E-state index contributed by atoms with van der Waals surface area (Å²) in [6.45, 7) is 2.15. The molecule has 1 aromatic carbocycles. The summed E-state index contributed by atoms with van der Waals surface area (Å²) in [6.07, 6.45) is 9.42. The summed E-state index contributed by atoms with van der Waals surface area (Å²) in [5, 5.41) is 0.936. The van der Waals surface area contributed by atoms with Crippen molar-refractivity contribution >= 4 is 22.6 Å². The van der Waals surface area contributed by atoms with Crippen LogP contribution in [0.15, 0.2) is 36.5 Å². The van der Waals surface area contributed by atoms with Gasteiger partial charge in [-0.1, -0.05) is 5.92 Å². The monoisotopic (exact) mass is 398 g/mol. The van der Waals surface area contributed by atoms with Gasteiger partial charge in [-0.3, -0.25) is 9.78 Å². The predicted molar refractivity (Wildman–Crippen MR) is 114 cm³/mol. The molecule has 1 saturated carbocycles. The number of carbonyl (C=O) groups is 1. The molecule has 5 rings (SSSR count). The Hall–Kier alpha value is -3.43. The van der Waals surface area contributed by atoms with Gasteiger partial charge in [0.2, 0.25) is 0 Å². The molecule has 0 bridgehead atoms. The van der Waals surface area contributed by atoms with Gasteiger partial charge in [-0.2, -0.15) is 0 Å². The number of nitrogens with zero attached hydrogens (tertiary/aromatic N) is 3. The van der Waals surface area contributed by atoms with Crippen molar-refractivity contribution in [3.05, 3.63) is 64.5 Å². The Bertz CT molecular complexity index is 1180. The van der Waals surface area contributed by atoms with Gasteiger partial charge < -0.3 is 15.4 Å². The van der Waals surface area contributed by atoms with E-state index in [1.807, 2.05) is 35.2 Å². The molecule has 2 N–H and O–H groups in total. The molecule has 6 nitrogen and oxygen atoms in total. The molecule has 1 fully saturated rings. The van der Waals surface area contributed by atoms with Gasteiger partial charge in [-0.15, -0.1) is 6.42 Å². The highest BCUT2D eigenvalue weighted by molar-refractivity contribution is 5.99. The van der Waals surface area contributed by atoms with Crippen molar-refractivity contribution in [2.24, 2.45) is 5.92 Å². The molecule has 3 heterocycles. The maximum atomic E-state index is 13.4. The molecule has 150 valence electrons. The number of anilines is 1. The van der Waals surface area contributed by atoms with Gasteiger partial charge in [0.05, 0.1) is 31.0 Å². The van der Waals surface area contributed by atoms with E-state index in [4.69, 9.17) is 16.9 Å². The van der Waals surface area contributed by atoms with Crippen LogP contribution in [0, 0.1) is 18.3 Å². The van der Waals surface area contributed by atoms with Gasteiger partial charge in [-0.05, 0) is 54.7 Å². The van der Waals surface area contributed by atoms with Crippen LogP contribution in [0.2, 0.25) is 0 Å². The number of nitrogen functional groups attached to an aromatic ring is 1. The smallest absolute Gasteiger partial charge is 0.254 e. The van der Waals surface area contributed by atoms with E-state index in [1.165, 1.54) is 12.8 Å². The molecule has 1 amide bonds. The van der Waals surface area contributed by atoms with E-state index < -0.39 is 0 Å². The van der Waals surface area contributed by atoms with Gasteiger partial charge in [0.1, 0.15) is 5.82 Å². The Kier molecular flexibility index (Phi) is 4.61. The Morgan fingerprint density at radius 3 is 2.80 bits per heavy atom. The van der Waals surface area contributed by atoms with E-state index in [1.54, 1.807) is 6.20 Å². The Balaban J connectivity index is 1.47. The summed E-state index contributed by atoms with van der Waals surface area (Å²) < 4.78 is 5.57. The molecule has 0 spiro atoms. The summed E-state index contributed by atoms with van der Waals surface area (Å²) in [7, 11) is 0. The third-order valence-electron chi connectivity index (χ3n) is 5.78. The zero-order chi connectivity index (χ0) is 20.7. The van der Waals surface area contributed by atoms with Crippen molar-refractivity contribution < 1.29 is 9.53 Å². The Morgan fingerprint density at radius 2 is 2.07 bits per heavy atom. The first-order chi connectivity index (χ1) is 14.6. The van der Waals surface area contributed by atoms with Crippen LogP contribution in [0.3, 0.4) is 0 Å². The molecule has 2 aromatic heterocycles. The second-order valence-corrected chi connectivity index (χ2v) is 7.99. The fraction of sp³-hybridized carbons (Fsp3) is 0.292. The number of amides is 1. The van der Waals surface area contributed by atoms with Crippen LogP contribution in [0.25, 0.3) is 10.9 Å². The van der Waals surface area contributed by atoms with Gasteiger partial charge in [-0.25, -0.2) is 4.98 Å². The third-order valence-corrected chi connectivity index (χ3v) is 5.78. The first-order valence-corrected chi connectivity index (χ1v) is 10.1. The fourth-order valence-electron chi connectivity index (χ4n) is 3.92. The van der Waals surface area contributed by atoms with E-state index in [-0.39, 0.29) is 5.91 Å². The maximum absolute atomic E-state index is 13.4. The first-order valence-electron chi connectivity index (χ1n) is 10.1. The zero-order valence-electron chi connectivity index (χ0n) is 16.6. The van der Waals surface area contributed by atoms with E-state index >= 15 is 0 Å². The molecule has 1 aliphatic carbocycles. The van der Waals surface area contributed by atoms with Crippen LogP contribution in [0.4, 0.5) is 5.82 Å². The van der Waals surface area contributed by atoms with Crippen LogP contribution in [0.1, 0.15) is 45.6 Å². The fourth-order valence-corrected chi connectivity index (χ4v) is 3.92. The largest absolute Gasteiger partial charge is 0.383 e. The molecule has 30 heavy (non-hydrogen) atoms. The molecule has 0 radical (unpaired) electrons. The van der Waals surface area contributed by atoms with E-state index in [9.17, 15) is 4.79 Å². The van der Waals surface area contributed by atoms with E-state index in [2.05, 4.69) is 15.9 Å². The second-order valence-electron chi connectivity index (χ2n) is 7.99. The van der Waals surface area contributed by atoms with Crippen LogP contribution in [-0.2, 0) is 24.5 Å². The van der Waals surface area contributed by atoms with Crippen molar-refractivity contribution in [3.8, 4) is 12.3 Å². The predicted octanol–water partition coefficient (Wildman–Crippen LogP) is 3.28. The third kappa shape index (κ3) is 3.49. The molecule has 1 aliphatic heterocycles. The highest BCUT2D eigenvalue weighted by atomic mass is 16.5. The normalized spacial score (nSPS) is 15.0. The lowest BCUT2D eigenvalue weighted by atomic mass is 10.0. The zero-order valence-corrected chi connectivity index (χ0v) is 16.6. The van der Waals surface area contributed by atoms with Crippen LogP contribution in [0.5, 0.6) is 0 Å². The number of pyridine rings is 2. The summed E-state index contributed by atoms with van der Waals surface area (Å²) in [6, 6.07) is 9.37. The van der Waals surface area contributed by atoms with Crippen LogP contribution in [-0.4, -0.2) is 27.3 Å². The molecule has 3 aromatic rings. The molecule has 0 unspecified atom stereocenters. The highest BCUT2D eigenvalue weighted by Gasteiger charge is 2.28. The summed E-state index contributed by atoms with van der Waals surface area (Å²) >= 11 is 0. The van der Waals surface area contributed by atoms with Gasteiger partial charge in [0.25, 0.3) is 5.91 Å². The lowest BCUT2D eigenvalue weighted by molar-refractivity contribution is 0.0733. The first kappa shape index (κ1) is 18.6. The number of hydrogen-bond acceptors (Lipinski definition) is 5. The number of fused-ring (bicyclic) bond motifs is 3. The quantitative estimate of drug-likeness (QED) is 0.667. The van der Waals surface area contributed by atoms with Crippen LogP contribution >= 0.6 is 0 Å². The van der Waals surface area contributed by atoms with Crippen molar-refractivity contribution in [2.45, 2.75) is 32.6 Å². The number of ether oxygens (including phenoxy) is 1. The number of benzene rings is 1. The van der Waals surface area contributed by atoms with Gasteiger partial charge in [0.15, 0.2) is 0 Å². The van der Waals surface area contributed by atoms with E-state index in [0.29, 0.717) is 37.1 Å². The van der Waals surface area contributed by atoms with Crippen molar-refractivity contribution in [3.63, 3.8) is 0 Å². The summed E-state index contributed by atoms with van der Waals surface area (Å²) in [5.41, 5.74) is 11.0. The van der Waals surface area contributed by atoms with Gasteiger partial charge >= 0.3 is 0 Å². The highest BCUT2D eigenvalue weighted by Crippen LogP contribution is 2.33. The van der Waals surface area contributed by atoms with Crippen molar-refractivity contribution in [1.82, 2.24) is 14.9 Å². The second kappa shape index (κ2) is 7.43. The average molecular weight is 398 g/mol. The Morgan fingerprint density at radius 1 is 1.23 bits per heavy atom. The number of hydrogen-bond donors (Lipinski definition) is 1. The van der Waals surface area contributed by atoms with Crippen LogP contribution < -0.4 is 5.73 Å². The van der Waals surface area contributed by atoms with Crippen molar-refractivity contribution in [2.75, 3.05) is 12.3 Å². The lowest BCUT2D eigenvalue weighted by Crippen LogP contribution is -2.32. The average Bonchev–Trinajstić information content (AvgIpc) is 3.44. The molecular weight excluding hydrogens is 376 g/mol. The topological polar surface area (TPSA) is 81.3 Å². The van der Waals surface area contributed by atoms with Gasteiger partial charge in [0, 0.05) is 34.8 Å². The molecule has 2 aliphatic rings. The minimum atomic E-state index is -0.00360.